The summed E-state index contributed by atoms with van der Waals surface area (Å²) in [4.78, 5) is 4.58. The highest BCUT2D eigenvalue weighted by atomic mass is 35.5. The van der Waals surface area contributed by atoms with Gasteiger partial charge in [-0.15, -0.1) is 0 Å². The van der Waals surface area contributed by atoms with Gasteiger partial charge in [0, 0.05) is 28.3 Å². The molecule has 1 saturated carbocycles. The molecule has 2 atom stereocenters. The van der Waals surface area contributed by atoms with Crippen molar-refractivity contribution in [2.75, 3.05) is 13.1 Å². The van der Waals surface area contributed by atoms with Gasteiger partial charge in [-0.05, 0) is 43.1 Å². The summed E-state index contributed by atoms with van der Waals surface area (Å²) < 4.78 is 19.4. The number of fused-ring (bicyclic) bond motifs is 1. The Morgan fingerprint density at radius 2 is 2.05 bits per heavy atom. The lowest BCUT2D eigenvalue weighted by molar-refractivity contribution is 0.287. The number of pyridine rings is 1. The fraction of sp³-hybridized carbons (Fsp3) is 0.353. The van der Waals surface area contributed by atoms with Crippen LogP contribution in [-0.4, -0.2) is 18.1 Å². The van der Waals surface area contributed by atoms with Crippen molar-refractivity contribution >= 4 is 11.6 Å². The van der Waals surface area contributed by atoms with Crippen LogP contribution in [0.2, 0.25) is 5.02 Å². The van der Waals surface area contributed by atoms with Crippen LogP contribution in [0.5, 0.6) is 5.88 Å². The Hall–Kier alpha value is -1.65. The summed E-state index contributed by atoms with van der Waals surface area (Å²) in [6, 6.07) is 10.4. The number of hydrogen-bond acceptors (Lipinski definition) is 3. The van der Waals surface area contributed by atoms with Crippen LogP contribution in [0.3, 0.4) is 0 Å². The minimum atomic E-state index is -0.355. The van der Waals surface area contributed by atoms with Gasteiger partial charge in [-0.3, -0.25) is 0 Å². The summed E-state index contributed by atoms with van der Waals surface area (Å²) in [5.41, 5.74) is 1.56. The first kappa shape index (κ1) is 14.0. The van der Waals surface area contributed by atoms with E-state index in [9.17, 15) is 4.39 Å². The Morgan fingerprint density at radius 1 is 1.23 bits per heavy atom. The second-order valence-corrected chi connectivity index (χ2v) is 6.37. The molecular formula is C17H16ClFN2O. The van der Waals surface area contributed by atoms with Gasteiger partial charge in [0.25, 0.3) is 0 Å². The van der Waals surface area contributed by atoms with Crippen molar-refractivity contribution in [3.05, 3.63) is 58.5 Å². The van der Waals surface area contributed by atoms with E-state index < -0.39 is 0 Å². The quantitative estimate of drug-likeness (QED) is 0.938. The molecule has 114 valence electrons. The molecule has 1 aromatic carbocycles. The third kappa shape index (κ3) is 2.57. The molecule has 2 heterocycles. The summed E-state index contributed by atoms with van der Waals surface area (Å²) in [5.74, 6) is 2.18. The van der Waals surface area contributed by atoms with Crippen LogP contribution in [0.15, 0.2) is 36.4 Å². The molecule has 4 rings (SSSR count). The zero-order valence-corrected chi connectivity index (χ0v) is 12.7. The predicted octanol–water partition coefficient (Wildman–Crippen LogP) is 3.39. The standard InChI is InChI=1S/C17H16ClFN2O/c18-11-5-4-10(14(19)6-11)9-22-16-3-1-2-15(21-16)17-12-7-20-8-13(12)17/h1-6,12-13,17,20H,7-9H2. The molecule has 2 fully saturated rings. The van der Waals surface area contributed by atoms with Crippen molar-refractivity contribution in [1.29, 1.82) is 0 Å². The van der Waals surface area contributed by atoms with Gasteiger partial charge in [-0.2, -0.15) is 0 Å². The topological polar surface area (TPSA) is 34.1 Å². The average molecular weight is 319 g/mol. The van der Waals surface area contributed by atoms with Crippen molar-refractivity contribution in [3.8, 4) is 5.88 Å². The molecule has 2 aliphatic rings. The molecule has 1 saturated heterocycles. The molecule has 0 spiro atoms. The normalized spacial score (nSPS) is 25.8. The fourth-order valence-corrected chi connectivity index (χ4v) is 3.50. The highest BCUT2D eigenvalue weighted by Gasteiger charge is 2.54. The summed E-state index contributed by atoms with van der Waals surface area (Å²) in [5, 5.41) is 3.77. The number of halogens is 2. The third-order valence-electron chi connectivity index (χ3n) is 4.57. The number of ether oxygens (including phenoxy) is 1. The van der Waals surface area contributed by atoms with E-state index in [-0.39, 0.29) is 12.4 Å². The minimum Gasteiger partial charge on any atom is -0.473 e. The Morgan fingerprint density at radius 3 is 2.82 bits per heavy atom. The van der Waals surface area contributed by atoms with Crippen LogP contribution in [0, 0.1) is 17.7 Å². The Labute approximate surface area is 133 Å². The van der Waals surface area contributed by atoms with Gasteiger partial charge in [-0.1, -0.05) is 23.7 Å². The van der Waals surface area contributed by atoms with Crippen LogP contribution in [0.4, 0.5) is 4.39 Å². The highest BCUT2D eigenvalue weighted by molar-refractivity contribution is 6.30. The van der Waals surface area contributed by atoms with Crippen LogP contribution >= 0.6 is 11.6 Å². The van der Waals surface area contributed by atoms with Gasteiger partial charge in [0.15, 0.2) is 0 Å². The van der Waals surface area contributed by atoms with Gasteiger partial charge in [0.05, 0.1) is 0 Å². The SMILES string of the molecule is Fc1cc(Cl)ccc1COc1cccc(C2C3CNCC32)n1. The Kier molecular flexibility index (Phi) is 3.51. The smallest absolute Gasteiger partial charge is 0.213 e. The molecule has 0 bridgehead atoms. The number of piperidine rings is 1. The van der Waals surface area contributed by atoms with Gasteiger partial charge >= 0.3 is 0 Å². The molecule has 0 radical (unpaired) electrons. The molecule has 0 amide bonds. The Bertz CT molecular complexity index is 699. The lowest BCUT2D eigenvalue weighted by Gasteiger charge is -2.09. The lowest BCUT2D eigenvalue weighted by atomic mass is 10.2. The van der Waals surface area contributed by atoms with E-state index in [0.29, 0.717) is 22.4 Å². The van der Waals surface area contributed by atoms with Crippen LogP contribution in [-0.2, 0) is 6.61 Å². The first-order valence-corrected chi connectivity index (χ1v) is 7.84. The summed E-state index contributed by atoms with van der Waals surface area (Å²) in [7, 11) is 0. The van der Waals surface area contributed by atoms with E-state index >= 15 is 0 Å². The third-order valence-corrected chi connectivity index (χ3v) is 4.80. The fourth-order valence-electron chi connectivity index (χ4n) is 3.34. The average Bonchev–Trinajstić information content (AvgIpc) is 2.99. The Balaban J connectivity index is 1.45. The van der Waals surface area contributed by atoms with Crippen molar-refractivity contribution in [2.45, 2.75) is 12.5 Å². The molecule has 2 unspecified atom stereocenters. The molecule has 5 heteroatoms. The lowest BCUT2D eigenvalue weighted by Crippen LogP contribution is -2.14. The number of benzene rings is 1. The molecule has 1 aromatic heterocycles. The number of rotatable bonds is 4. The number of nitrogens with one attached hydrogen (secondary N) is 1. The van der Waals surface area contributed by atoms with E-state index in [2.05, 4.69) is 16.4 Å². The van der Waals surface area contributed by atoms with Crippen LogP contribution in [0.25, 0.3) is 0 Å². The van der Waals surface area contributed by atoms with E-state index in [1.54, 1.807) is 12.1 Å². The molecule has 1 N–H and O–H groups in total. The largest absolute Gasteiger partial charge is 0.473 e. The van der Waals surface area contributed by atoms with Gasteiger partial charge in [0.2, 0.25) is 5.88 Å². The van der Waals surface area contributed by atoms with E-state index in [1.165, 1.54) is 6.07 Å². The van der Waals surface area contributed by atoms with Crippen molar-refractivity contribution in [2.24, 2.45) is 11.8 Å². The molecule has 1 aliphatic carbocycles. The molecule has 22 heavy (non-hydrogen) atoms. The number of aromatic nitrogens is 1. The maximum absolute atomic E-state index is 13.7. The number of nitrogens with zero attached hydrogens (tertiary/aromatic N) is 1. The summed E-state index contributed by atoms with van der Waals surface area (Å²) in [6.45, 7) is 2.31. The summed E-state index contributed by atoms with van der Waals surface area (Å²) in [6.07, 6.45) is 0. The predicted molar refractivity (Wildman–Crippen MR) is 82.6 cm³/mol. The molecular weight excluding hydrogens is 303 g/mol. The second-order valence-electron chi connectivity index (χ2n) is 5.94. The number of hydrogen-bond donors (Lipinski definition) is 1. The van der Waals surface area contributed by atoms with E-state index in [1.807, 2.05) is 12.1 Å². The van der Waals surface area contributed by atoms with Gasteiger partial charge < -0.3 is 10.1 Å². The zero-order chi connectivity index (χ0) is 15.1. The minimum absolute atomic E-state index is 0.151. The molecule has 3 nitrogen and oxygen atoms in total. The van der Waals surface area contributed by atoms with Crippen molar-refractivity contribution < 1.29 is 9.13 Å². The van der Waals surface area contributed by atoms with E-state index in [4.69, 9.17) is 16.3 Å². The van der Waals surface area contributed by atoms with Gasteiger partial charge in [0.1, 0.15) is 12.4 Å². The van der Waals surface area contributed by atoms with E-state index in [0.717, 1.165) is 30.6 Å². The first-order valence-electron chi connectivity index (χ1n) is 7.47. The molecule has 2 aromatic rings. The highest BCUT2D eigenvalue weighted by Crippen LogP contribution is 2.55. The zero-order valence-electron chi connectivity index (χ0n) is 11.9. The summed E-state index contributed by atoms with van der Waals surface area (Å²) >= 11 is 5.74. The second kappa shape index (κ2) is 5.52. The van der Waals surface area contributed by atoms with Crippen LogP contribution in [0.1, 0.15) is 17.2 Å². The monoisotopic (exact) mass is 318 g/mol. The maximum atomic E-state index is 13.7. The van der Waals surface area contributed by atoms with Crippen LogP contribution < -0.4 is 10.1 Å². The van der Waals surface area contributed by atoms with Crippen molar-refractivity contribution in [1.82, 2.24) is 10.3 Å². The first-order chi connectivity index (χ1) is 10.7. The molecule has 1 aliphatic heterocycles. The van der Waals surface area contributed by atoms with Crippen molar-refractivity contribution in [3.63, 3.8) is 0 Å². The maximum Gasteiger partial charge on any atom is 0.213 e. The van der Waals surface area contributed by atoms with Gasteiger partial charge in [-0.25, -0.2) is 9.37 Å².